The summed E-state index contributed by atoms with van der Waals surface area (Å²) in [6, 6.07) is 36.9. The molecule has 0 atom stereocenters. The molecule has 0 radical (unpaired) electrons. The second-order valence-electron chi connectivity index (χ2n) is 7.76. The van der Waals surface area contributed by atoms with Crippen LogP contribution in [0.3, 0.4) is 0 Å². The van der Waals surface area contributed by atoms with Crippen LogP contribution in [0.4, 0.5) is 22.0 Å². The lowest BCUT2D eigenvalue weighted by atomic mass is 10.1. The Morgan fingerprint density at radius 1 is 0.526 bits per heavy atom. The van der Waals surface area contributed by atoms with Crippen molar-refractivity contribution in [3.63, 3.8) is 0 Å². The van der Waals surface area contributed by atoms with Crippen molar-refractivity contribution >= 4 is 31.8 Å². The first-order valence-corrected chi connectivity index (χ1v) is 13.5. The Labute approximate surface area is 218 Å². The SMILES string of the molecule is O=S(=O)([O-])c1c(F)c(F)c(F)c(F)c1F.c1ccc([S+](c2ccccc2)c2cccc3ccccc23)cc1. The van der Waals surface area contributed by atoms with Crippen LogP contribution in [0.5, 0.6) is 0 Å². The van der Waals surface area contributed by atoms with E-state index in [-0.39, 0.29) is 10.9 Å². The largest absolute Gasteiger partial charge is 0.744 e. The predicted molar refractivity (Wildman–Crippen MR) is 133 cm³/mol. The number of halogens is 5. The fraction of sp³-hybridized carbons (Fsp3) is 0. The highest BCUT2D eigenvalue weighted by Gasteiger charge is 2.30. The number of hydrogen-bond acceptors (Lipinski definition) is 3. The molecule has 0 unspecified atom stereocenters. The van der Waals surface area contributed by atoms with Crippen LogP contribution < -0.4 is 0 Å². The summed E-state index contributed by atoms with van der Waals surface area (Å²) in [6.45, 7) is 0. The molecule has 0 heterocycles. The van der Waals surface area contributed by atoms with Gasteiger partial charge in [-0.1, -0.05) is 66.7 Å². The molecule has 0 bridgehead atoms. The Kier molecular flexibility index (Phi) is 8.15. The molecule has 0 fully saturated rings. The van der Waals surface area contributed by atoms with E-state index in [2.05, 4.69) is 103 Å². The van der Waals surface area contributed by atoms with Crippen LogP contribution in [0.2, 0.25) is 0 Å². The van der Waals surface area contributed by atoms with Crippen LogP contribution in [0, 0.1) is 29.1 Å². The number of benzene rings is 5. The zero-order valence-electron chi connectivity index (χ0n) is 19.2. The van der Waals surface area contributed by atoms with Gasteiger partial charge in [0.15, 0.2) is 38.0 Å². The molecule has 5 rings (SSSR count). The normalized spacial score (nSPS) is 11.3. The molecule has 0 spiro atoms. The van der Waals surface area contributed by atoms with Crippen molar-refractivity contribution in [3.8, 4) is 0 Å². The third-order valence-corrected chi connectivity index (χ3v) is 8.49. The van der Waals surface area contributed by atoms with E-state index in [1.807, 2.05) is 0 Å². The maximum Gasteiger partial charge on any atom is 0.200 e. The minimum atomic E-state index is -5.77. The fourth-order valence-electron chi connectivity index (χ4n) is 3.68. The molecule has 0 aromatic heterocycles. The molecule has 38 heavy (non-hydrogen) atoms. The van der Waals surface area contributed by atoms with E-state index in [1.165, 1.54) is 25.5 Å². The summed E-state index contributed by atoms with van der Waals surface area (Å²) < 4.78 is 92.9. The molecule has 0 aliphatic heterocycles. The highest BCUT2D eigenvalue weighted by atomic mass is 32.2. The van der Waals surface area contributed by atoms with Gasteiger partial charge in [-0.2, -0.15) is 0 Å². The van der Waals surface area contributed by atoms with Gasteiger partial charge in [0.25, 0.3) is 0 Å². The monoisotopic (exact) mass is 560 g/mol. The first-order chi connectivity index (χ1) is 18.1. The number of hydrogen-bond donors (Lipinski definition) is 0. The van der Waals surface area contributed by atoms with Gasteiger partial charge in [-0.05, 0) is 41.8 Å². The summed E-state index contributed by atoms with van der Waals surface area (Å²) in [5.41, 5.74) is 0. The van der Waals surface area contributed by atoms with Crippen molar-refractivity contribution in [2.75, 3.05) is 0 Å². The third kappa shape index (κ3) is 5.57. The lowest BCUT2D eigenvalue weighted by Gasteiger charge is -2.10. The van der Waals surface area contributed by atoms with Crippen molar-refractivity contribution in [3.05, 3.63) is 132 Å². The maximum atomic E-state index is 12.6. The molecule has 0 amide bonds. The van der Waals surface area contributed by atoms with Crippen molar-refractivity contribution in [1.82, 2.24) is 0 Å². The zero-order chi connectivity index (χ0) is 27.4. The Balaban J connectivity index is 0.000000196. The van der Waals surface area contributed by atoms with E-state index < -0.39 is 44.1 Å². The molecule has 0 aliphatic rings. The highest BCUT2D eigenvalue weighted by molar-refractivity contribution is 7.97. The zero-order valence-corrected chi connectivity index (χ0v) is 20.9. The van der Waals surface area contributed by atoms with Crippen LogP contribution in [-0.4, -0.2) is 13.0 Å². The van der Waals surface area contributed by atoms with Crippen molar-refractivity contribution in [2.45, 2.75) is 19.6 Å². The van der Waals surface area contributed by atoms with Gasteiger partial charge in [0.2, 0.25) is 5.82 Å². The topological polar surface area (TPSA) is 57.2 Å². The second-order valence-corrected chi connectivity index (χ2v) is 11.1. The van der Waals surface area contributed by atoms with E-state index in [1.54, 1.807) is 0 Å². The van der Waals surface area contributed by atoms with Gasteiger partial charge in [0, 0.05) is 5.39 Å². The van der Waals surface area contributed by atoms with E-state index in [4.69, 9.17) is 0 Å². The Morgan fingerprint density at radius 3 is 1.45 bits per heavy atom. The first-order valence-electron chi connectivity index (χ1n) is 10.9. The quantitative estimate of drug-likeness (QED) is 0.0767. The smallest absolute Gasteiger partial charge is 0.200 e. The van der Waals surface area contributed by atoms with E-state index >= 15 is 0 Å². The van der Waals surface area contributed by atoms with Gasteiger partial charge in [0.1, 0.15) is 15.0 Å². The molecule has 194 valence electrons. The minimum Gasteiger partial charge on any atom is -0.744 e. The van der Waals surface area contributed by atoms with Gasteiger partial charge < -0.3 is 4.55 Å². The predicted octanol–water partition coefficient (Wildman–Crippen LogP) is 7.22. The molecule has 10 heteroatoms. The average molecular weight is 561 g/mol. The molecular formula is C28H17F5O3S2. The van der Waals surface area contributed by atoms with Gasteiger partial charge >= 0.3 is 0 Å². The maximum absolute atomic E-state index is 12.6. The molecular weight excluding hydrogens is 543 g/mol. The Morgan fingerprint density at radius 2 is 0.947 bits per heavy atom. The summed E-state index contributed by atoms with van der Waals surface area (Å²) in [7, 11) is -5.86. The van der Waals surface area contributed by atoms with Crippen molar-refractivity contribution in [1.29, 1.82) is 0 Å². The van der Waals surface area contributed by atoms with E-state index in [9.17, 15) is 34.9 Å². The second kappa shape index (κ2) is 11.3. The lowest BCUT2D eigenvalue weighted by Crippen LogP contribution is -2.12. The lowest BCUT2D eigenvalue weighted by molar-refractivity contribution is 0.350. The Bertz CT molecular complexity index is 1620. The average Bonchev–Trinajstić information content (AvgIpc) is 2.92. The van der Waals surface area contributed by atoms with Crippen LogP contribution in [0.25, 0.3) is 10.8 Å². The Hall–Kier alpha value is -3.73. The van der Waals surface area contributed by atoms with Gasteiger partial charge in [-0.15, -0.1) is 0 Å². The first kappa shape index (κ1) is 27.3. The highest BCUT2D eigenvalue weighted by Crippen LogP contribution is 2.35. The van der Waals surface area contributed by atoms with Crippen LogP contribution in [-0.2, 0) is 21.0 Å². The summed E-state index contributed by atoms with van der Waals surface area (Å²) >= 11 is 0. The summed E-state index contributed by atoms with van der Waals surface area (Å²) in [5, 5.41) is 2.64. The van der Waals surface area contributed by atoms with Crippen LogP contribution in [0.1, 0.15) is 0 Å². The van der Waals surface area contributed by atoms with Gasteiger partial charge in [-0.25, -0.2) is 30.4 Å². The van der Waals surface area contributed by atoms with E-state index in [0.29, 0.717) is 0 Å². The minimum absolute atomic E-state index is 0.0892. The van der Waals surface area contributed by atoms with Gasteiger partial charge in [0.05, 0.1) is 10.9 Å². The third-order valence-electron chi connectivity index (χ3n) is 5.35. The molecule has 5 aromatic carbocycles. The van der Waals surface area contributed by atoms with E-state index in [0.717, 1.165) is 0 Å². The summed E-state index contributed by atoms with van der Waals surface area (Å²) in [6.07, 6.45) is 0. The standard InChI is InChI=1S/C22H17S.C6HF5O3S/c1-3-12-19(13-4-1)23(20-14-5-2-6-15-20)22-17-9-11-18-10-7-8-16-21(18)22;7-1-2(8)4(10)6(15(12,13)14)5(11)3(1)9/h1-17H;(H,12,13,14)/q+1;/p-1. The number of rotatable bonds is 4. The van der Waals surface area contributed by atoms with Crippen LogP contribution in [0.15, 0.2) is 123 Å². The van der Waals surface area contributed by atoms with Crippen molar-refractivity contribution in [2.24, 2.45) is 0 Å². The fourth-order valence-corrected chi connectivity index (χ4v) is 6.56. The van der Waals surface area contributed by atoms with Gasteiger partial charge in [-0.3, -0.25) is 0 Å². The summed E-state index contributed by atoms with van der Waals surface area (Å²) in [4.78, 5) is 1.73. The molecule has 0 aliphatic carbocycles. The number of fused-ring (bicyclic) bond motifs is 1. The molecule has 0 N–H and O–H groups in total. The molecule has 3 nitrogen and oxygen atoms in total. The molecule has 0 saturated carbocycles. The van der Waals surface area contributed by atoms with Crippen molar-refractivity contribution < 1.29 is 34.9 Å². The van der Waals surface area contributed by atoms with Crippen LogP contribution >= 0.6 is 0 Å². The summed E-state index contributed by atoms with van der Waals surface area (Å²) in [5.74, 6) is -12.8. The molecule has 5 aromatic rings. The molecule has 0 saturated heterocycles.